The van der Waals surface area contributed by atoms with Crippen molar-refractivity contribution in [3.63, 3.8) is 0 Å². The summed E-state index contributed by atoms with van der Waals surface area (Å²) in [6.07, 6.45) is 0. The molecule has 0 N–H and O–H groups in total. The number of thiocarbonyl (C=S) groups is 1. The minimum atomic E-state index is 0.908. The Labute approximate surface area is 166 Å². The SMILES string of the molecule is Cc1ccc(C#Cc2ccc(-c3cc(C)c(N=C=S)c(C)c3)cc2C)cc1. The monoisotopic (exact) mass is 367 g/mol. The quantitative estimate of drug-likeness (QED) is 0.278. The maximum Gasteiger partial charge on any atom is 0.0798 e. The van der Waals surface area contributed by atoms with Gasteiger partial charge in [0.05, 0.1) is 10.8 Å². The summed E-state index contributed by atoms with van der Waals surface area (Å²) in [5.74, 6) is 6.54. The molecule has 0 fully saturated rings. The highest BCUT2D eigenvalue weighted by Crippen LogP contribution is 2.31. The van der Waals surface area contributed by atoms with Gasteiger partial charge in [-0.05, 0) is 98.1 Å². The van der Waals surface area contributed by atoms with Gasteiger partial charge in [0.1, 0.15) is 0 Å². The van der Waals surface area contributed by atoms with Gasteiger partial charge < -0.3 is 0 Å². The number of nitrogens with zero attached hydrogens (tertiary/aromatic N) is 1. The third-order valence-electron chi connectivity index (χ3n) is 4.60. The molecule has 0 heterocycles. The average Bonchev–Trinajstić information content (AvgIpc) is 2.65. The van der Waals surface area contributed by atoms with E-state index in [4.69, 9.17) is 12.2 Å². The summed E-state index contributed by atoms with van der Waals surface area (Å²) < 4.78 is 0. The first kappa shape index (κ1) is 18.8. The largest absolute Gasteiger partial charge is 0.194 e. The minimum absolute atomic E-state index is 0.908. The zero-order valence-corrected chi connectivity index (χ0v) is 16.9. The van der Waals surface area contributed by atoms with Gasteiger partial charge in [-0.2, -0.15) is 4.99 Å². The van der Waals surface area contributed by atoms with Crippen LogP contribution in [0.15, 0.2) is 59.6 Å². The van der Waals surface area contributed by atoms with Crippen molar-refractivity contribution in [2.24, 2.45) is 4.99 Å². The van der Waals surface area contributed by atoms with Gasteiger partial charge in [-0.25, -0.2) is 0 Å². The molecule has 3 rings (SSSR count). The highest BCUT2D eigenvalue weighted by atomic mass is 32.1. The Kier molecular flexibility index (Phi) is 5.67. The third-order valence-corrected chi connectivity index (χ3v) is 4.69. The molecule has 0 aromatic heterocycles. The standard InChI is InChI=1S/C25H21NS/c1-17-5-7-21(8-6-17)9-10-22-11-12-23(13-18(22)2)24-14-19(3)25(26-16-27)20(4)15-24/h5-8,11-15H,1-4H3. The summed E-state index contributed by atoms with van der Waals surface area (Å²) in [6, 6.07) is 19.0. The number of isothiocyanates is 1. The van der Waals surface area contributed by atoms with Crippen LogP contribution in [0.4, 0.5) is 5.69 Å². The molecule has 0 spiro atoms. The second-order valence-corrected chi connectivity index (χ2v) is 6.99. The van der Waals surface area contributed by atoms with Crippen molar-refractivity contribution in [3.8, 4) is 23.0 Å². The molecule has 0 radical (unpaired) electrons. The number of aryl methyl sites for hydroxylation is 4. The lowest BCUT2D eigenvalue weighted by atomic mass is 9.96. The molecule has 132 valence electrons. The van der Waals surface area contributed by atoms with Crippen LogP contribution in [0.1, 0.15) is 33.4 Å². The van der Waals surface area contributed by atoms with Crippen molar-refractivity contribution in [2.75, 3.05) is 0 Å². The van der Waals surface area contributed by atoms with Crippen LogP contribution in [0, 0.1) is 39.5 Å². The first-order chi connectivity index (χ1) is 13.0. The Morgan fingerprint density at radius 1 is 0.704 bits per heavy atom. The molecule has 1 nitrogen and oxygen atoms in total. The fraction of sp³-hybridized carbons (Fsp3) is 0.160. The Morgan fingerprint density at radius 3 is 1.93 bits per heavy atom. The molecule has 0 unspecified atom stereocenters. The van der Waals surface area contributed by atoms with Gasteiger partial charge in [0, 0.05) is 11.1 Å². The van der Waals surface area contributed by atoms with Gasteiger partial charge in [0.15, 0.2) is 0 Å². The number of benzene rings is 3. The predicted molar refractivity (Wildman–Crippen MR) is 118 cm³/mol. The summed E-state index contributed by atoms with van der Waals surface area (Å²) in [6.45, 7) is 8.29. The second-order valence-electron chi connectivity index (χ2n) is 6.81. The van der Waals surface area contributed by atoms with Gasteiger partial charge in [0.25, 0.3) is 0 Å². The summed E-state index contributed by atoms with van der Waals surface area (Å²) in [5.41, 5.74) is 9.96. The summed E-state index contributed by atoms with van der Waals surface area (Å²) in [5, 5.41) is 2.47. The molecule has 0 aliphatic heterocycles. The van der Waals surface area contributed by atoms with Crippen molar-refractivity contribution < 1.29 is 0 Å². The molecule has 3 aromatic rings. The first-order valence-electron chi connectivity index (χ1n) is 8.87. The molecule has 2 heteroatoms. The number of hydrogen-bond donors (Lipinski definition) is 0. The van der Waals surface area contributed by atoms with E-state index in [0.717, 1.165) is 27.9 Å². The van der Waals surface area contributed by atoms with Crippen LogP contribution >= 0.6 is 12.2 Å². The summed E-state index contributed by atoms with van der Waals surface area (Å²) in [4.78, 5) is 4.18. The van der Waals surface area contributed by atoms with Crippen molar-refractivity contribution in [2.45, 2.75) is 27.7 Å². The molecule has 0 atom stereocenters. The van der Waals surface area contributed by atoms with Crippen LogP contribution in [-0.4, -0.2) is 5.16 Å². The van der Waals surface area contributed by atoms with E-state index in [0.29, 0.717) is 0 Å². The molecule has 27 heavy (non-hydrogen) atoms. The molecular weight excluding hydrogens is 346 g/mol. The van der Waals surface area contributed by atoms with Crippen molar-refractivity contribution in [3.05, 3.63) is 88.0 Å². The molecule has 0 aliphatic rings. The van der Waals surface area contributed by atoms with Crippen molar-refractivity contribution in [1.29, 1.82) is 0 Å². The van der Waals surface area contributed by atoms with Crippen molar-refractivity contribution in [1.82, 2.24) is 0 Å². The lowest BCUT2D eigenvalue weighted by Crippen LogP contribution is -1.88. The highest BCUT2D eigenvalue weighted by Gasteiger charge is 2.07. The van der Waals surface area contributed by atoms with Crippen LogP contribution < -0.4 is 0 Å². The first-order valence-corrected chi connectivity index (χ1v) is 9.27. The fourth-order valence-electron chi connectivity index (χ4n) is 3.10. The lowest BCUT2D eigenvalue weighted by molar-refractivity contribution is 1.33. The van der Waals surface area contributed by atoms with Crippen LogP contribution in [0.2, 0.25) is 0 Å². The van der Waals surface area contributed by atoms with E-state index >= 15 is 0 Å². The number of aliphatic imine (C=N–C) groups is 1. The van der Waals surface area contributed by atoms with E-state index in [-0.39, 0.29) is 0 Å². The number of hydrogen-bond acceptors (Lipinski definition) is 2. The molecule has 0 saturated heterocycles. The van der Waals surface area contributed by atoms with E-state index in [2.05, 4.69) is 104 Å². The van der Waals surface area contributed by atoms with Gasteiger partial charge in [-0.3, -0.25) is 0 Å². The Hall–Kier alpha value is -2.98. The normalized spacial score (nSPS) is 9.93. The molecule has 3 aromatic carbocycles. The van der Waals surface area contributed by atoms with Gasteiger partial charge in [0.2, 0.25) is 0 Å². The molecular formula is C25H21NS. The Morgan fingerprint density at radius 2 is 1.33 bits per heavy atom. The van der Waals surface area contributed by atoms with Crippen LogP contribution in [0.5, 0.6) is 0 Å². The third kappa shape index (κ3) is 4.41. The smallest absolute Gasteiger partial charge is 0.0798 e. The summed E-state index contributed by atoms with van der Waals surface area (Å²) >= 11 is 4.75. The highest BCUT2D eigenvalue weighted by molar-refractivity contribution is 7.78. The van der Waals surface area contributed by atoms with Gasteiger partial charge in [-0.1, -0.05) is 41.7 Å². The molecule has 0 amide bonds. The van der Waals surface area contributed by atoms with E-state index in [1.807, 2.05) is 0 Å². The van der Waals surface area contributed by atoms with Crippen molar-refractivity contribution >= 4 is 23.1 Å². The lowest BCUT2D eigenvalue weighted by Gasteiger charge is -2.10. The maximum absolute atomic E-state index is 4.75. The number of rotatable bonds is 2. The Balaban J connectivity index is 1.94. The topological polar surface area (TPSA) is 12.4 Å². The van der Waals surface area contributed by atoms with E-state index in [1.165, 1.54) is 22.3 Å². The minimum Gasteiger partial charge on any atom is -0.194 e. The maximum atomic E-state index is 4.75. The molecule has 0 bridgehead atoms. The fourth-order valence-corrected chi connectivity index (χ4v) is 3.20. The molecule has 0 aliphatic carbocycles. The van der Waals surface area contributed by atoms with E-state index < -0.39 is 0 Å². The molecule has 0 saturated carbocycles. The predicted octanol–water partition coefficient (Wildman–Crippen LogP) is 6.72. The van der Waals surface area contributed by atoms with Crippen LogP contribution in [0.3, 0.4) is 0 Å². The van der Waals surface area contributed by atoms with E-state index in [1.54, 1.807) is 0 Å². The van der Waals surface area contributed by atoms with Gasteiger partial charge >= 0.3 is 0 Å². The summed E-state index contributed by atoms with van der Waals surface area (Å²) in [7, 11) is 0. The zero-order valence-electron chi connectivity index (χ0n) is 16.1. The van der Waals surface area contributed by atoms with Crippen LogP contribution in [0.25, 0.3) is 11.1 Å². The second kappa shape index (κ2) is 8.14. The average molecular weight is 368 g/mol. The van der Waals surface area contributed by atoms with Crippen LogP contribution in [-0.2, 0) is 0 Å². The van der Waals surface area contributed by atoms with Gasteiger partial charge in [-0.15, -0.1) is 0 Å². The van der Waals surface area contributed by atoms with E-state index in [9.17, 15) is 0 Å². The Bertz CT molecular complexity index is 1080. The zero-order chi connectivity index (χ0) is 19.4.